The van der Waals surface area contributed by atoms with Crippen LogP contribution in [0.5, 0.6) is 0 Å². The van der Waals surface area contributed by atoms with E-state index in [2.05, 4.69) is 32.2 Å². The topological polar surface area (TPSA) is 96.0 Å². The van der Waals surface area contributed by atoms with Gasteiger partial charge in [-0.2, -0.15) is 0 Å². The zero-order valence-corrected chi connectivity index (χ0v) is 17.9. The van der Waals surface area contributed by atoms with E-state index in [-0.39, 0.29) is 29.5 Å². The van der Waals surface area contributed by atoms with Gasteiger partial charge in [-0.3, -0.25) is 15.0 Å². The Balaban J connectivity index is 1.34. The van der Waals surface area contributed by atoms with Crippen molar-refractivity contribution in [3.63, 3.8) is 0 Å². The third-order valence-electron chi connectivity index (χ3n) is 5.83. The fourth-order valence-electron chi connectivity index (χ4n) is 4.39. The molecule has 3 unspecified atom stereocenters. The number of aromatic nitrogens is 2. The van der Waals surface area contributed by atoms with Crippen LogP contribution >= 0.6 is 11.8 Å². The first-order valence-corrected chi connectivity index (χ1v) is 11.4. The number of rotatable bonds is 6. The van der Waals surface area contributed by atoms with Crippen LogP contribution in [0.3, 0.4) is 0 Å². The minimum Gasteiger partial charge on any atom is -0.325 e. The summed E-state index contributed by atoms with van der Waals surface area (Å²) in [5.74, 6) is 0.795. The molecule has 30 heavy (non-hydrogen) atoms. The lowest BCUT2D eigenvalue weighted by Gasteiger charge is -2.41. The lowest BCUT2D eigenvalue weighted by atomic mass is 9.72. The number of benzene rings is 1. The summed E-state index contributed by atoms with van der Waals surface area (Å²) >= 11 is 1.32. The third kappa shape index (κ3) is 5.17. The van der Waals surface area contributed by atoms with Crippen molar-refractivity contribution in [2.75, 3.05) is 11.1 Å². The number of anilines is 1. The van der Waals surface area contributed by atoms with Crippen LogP contribution in [0, 0.1) is 18.8 Å². The second-order valence-corrected chi connectivity index (χ2v) is 8.96. The molecule has 7 nitrogen and oxygen atoms in total. The summed E-state index contributed by atoms with van der Waals surface area (Å²) in [5, 5.41) is 3.57. The average Bonchev–Trinajstić information content (AvgIpc) is 2.75. The maximum atomic E-state index is 12.3. The molecule has 0 bridgehead atoms. The number of fused-ring (bicyclic) bond motifs is 1. The monoisotopic (exact) mass is 425 g/mol. The van der Waals surface area contributed by atoms with Crippen LogP contribution in [-0.2, 0) is 16.0 Å². The van der Waals surface area contributed by atoms with Crippen LogP contribution < -0.4 is 16.2 Å². The molecule has 1 aromatic heterocycles. The van der Waals surface area contributed by atoms with Crippen molar-refractivity contribution in [3.05, 3.63) is 47.8 Å². The number of hydrazine groups is 1. The molecule has 8 heteroatoms. The first kappa shape index (κ1) is 20.8. The van der Waals surface area contributed by atoms with Crippen LogP contribution in [0.2, 0.25) is 0 Å². The predicted octanol–water partition coefficient (Wildman–Crippen LogP) is 2.87. The molecule has 3 N–H and O–H groups in total. The van der Waals surface area contributed by atoms with Gasteiger partial charge in [0.2, 0.25) is 11.8 Å². The molecule has 1 aliphatic heterocycles. The highest BCUT2D eigenvalue weighted by molar-refractivity contribution is 7.99. The maximum absolute atomic E-state index is 12.3. The Hall–Kier alpha value is -2.45. The fraction of sp³-hybridized carbons (Fsp3) is 0.455. The molecule has 2 aliphatic rings. The van der Waals surface area contributed by atoms with E-state index in [1.807, 2.05) is 31.2 Å². The number of nitrogens with zero attached hydrogens (tertiary/aromatic N) is 2. The Morgan fingerprint density at radius 2 is 2.13 bits per heavy atom. The SMILES string of the molecule is Cc1ccnc(SCC(=O)Nc2cccc(CC3NNC(=O)C4CCCCC34)c2)n1. The molecule has 0 radical (unpaired) electrons. The second kappa shape index (κ2) is 9.57. The molecule has 2 fully saturated rings. The van der Waals surface area contributed by atoms with E-state index in [9.17, 15) is 9.59 Å². The lowest BCUT2D eigenvalue weighted by Crippen LogP contribution is -2.60. The molecule has 2 aromatic rings. The molecule has 1 saturated heterocycles. The Kier molecular flexibility index (Phi) is 6.64. The molecule has 1 aromatic carbocycles. The van der Waals surface area contributed by atoms with Gasteiger partial charge in [0.1, 0.15) is 0 Å². The van der Waals surface area contributed by atoms with Crippen LogP contribution in [0.15, 0.2) is 41.7 Å². The molecule has 4 rings (SSSR count). The van der Waals surface area contributed by atoms with Gasteiger partial charge in [0.05, 0.1) is 5.75 Å². The summed E-state index contributed by atoms with van der Waals surface area (Å²) in [6.45, 7) is 1.90. The summed E-state index contributed by atoms with van der Waals surface area (Å²) in [6.07, 6.45) is 6.90. The number of carbonyl (C=O) groups excluding carboxylic acids is 2. The smallest absolute Gasteiger partial charge is 0.237 e. The summed E-state index contributed by atoms with van der Waals surface area (Å²) in [4.78, 5) is 33.0. The van der Waals surface area contributed by atoms with Gasteiger partial charge in [0.25, 0.3) is 0 Å². The van der Waals surface area contributed by atoms with Crippen molar-refractivity contribution in [2.45, 2.75) is 50.2 Å². The zero-order valence-electron chi connectivity index (χ0n) is 17.1. The number of aryl methyl sites for hydroxylation is 1. The molecule has 158 valence electrons. The van der Waals surface area contributed by atoms with Crippen LogP contribution in [0.25, 0.3) is 0 Å². The van der Waals surface area contributed by atoms with E-state index in [0.29, 0.717) is 11.1 Å². The summed E-state index contributed by atoms with van der Waals surface area (Å²) in [5.41, 5.74) is 8.88. The van der Waals surface area contributed by atoms with Gasteiger partial charge in [-0.1, -0.05) is 36.7 Å². The Bertz CT molecular complexity index is 922. The summed E-state index contributed by atoms with van der Waals surface area (Å²) in [6, 6.07) is 9.99. The first-order chi connectivity index (χ1) is 14.6. The van der Waals surface area contributed by atoms with Crippen molar-refractivity contribution in [2.24, 2.45) is 11.8 Å². The van der Waals surface area contributed by atoms with E-state index in [1.165, 1.54) is 18.2 Å². The van der Waals surface area contributed by atoms with Gasteiger partial charge in [0, 0.05) is 29.5 Å². The number of nitrogens with one attached hydrogen (secondary N) is 3. The van der Waals surface area contributed by atoms with Gasteiger partial charge >= 0.3 is 0 Å². The number of amides is 2. The molecule has 1 saturated carbocycles. The van der Waals surface area contributed by atoms with Crippen molar-refractivity contribution < 1.29 is 9.59 Å². The lowest BCUT2D eigenvalue weighted by molar-refractivity contribution is -0.133. The minimum atomic E-state index is -0.0855. The fourth-order valence-corrected chi connectivity index (χ4v) is 5.06. The Morgan fingerprint density at radius 3 is 3.00 bits per heavy atom. The van der Waals surface area contributed by atoms with Crippen molar-refractivity contribution in [1.82, 2.24) is 20.8 Å². The molecule has 1 aliphatic carbocycles. The van der Waals surface area contributed by atoms with E-state index in [4.69, 9.17) is 0 Å². The van der Waals surface area contributed by atoms with Crippen LogP contribution in [-0.4, -0.2) is 33.6 Å². The molecular weight excluding hydrogens is 398 g/mol. The molecule has 0 spiro atoms. The average molecular weight is 426 g/mol. The largest absolute Gasteiger partial charge is 0.325 e. The molecular formula is C22H27N5O2S. The summed E-state index contributed by atoms with van der Waals surface area (Å²) in [7, 11) is 0. The maximum Gasteiger partial charge on any atom is 0.237 e. The van der Waals surface area contributed by atoms with Crippen molar-refractivity contribution >= 4 is 29.3 Å². The van der Waals surface area contributed by atoms with E-state index in [0.717, 1.165) is 42.6 Å². The number of carbonyl (C=O) groups is 2. The van der Waals surface area contributed by atoms with Gasteiger partial charge < -0.3 is 5.32 Å². The first-order valence-electron chi connectivity index (χ1n) is 10.4. The van der Waals surface area contributed by atoms with Gasteiger partial charge in [-0.05, 0) is 55.9 Å². The number of hydrogen-bond acceptors (Lipinski definition) is 6. The van der Waals surface area contributed by atoms with Crippen LogP contribution in [0.4, 0.5) is 5.69 Å². The predicted molar refractivity (Wildman–Crippen MR) is 117 cm³/mol. The molecule has 3 atom stereocenters. The van der Waals surface area contributed by atoms with Gasteiger partial charge in [0.15, 0.2) is 5.16 Å². The number of thioether (sulfide) groups is 1. The summed E-state index contributed by atoms with van der Waals surface area (Å²) < 4.78 is 0. The zero-order chi connectivity index (χ0) is 20.9. The van der Waals surface area contributed by atoms with Gasteiger partial charge in [-0.25, -0.2) is 15.4 Å². The number of hydrogen-bond donors (Lipinski definition) is 3. The third-order valence-corrected chi connectivity index (χ3v) is 6.69. The van der Waals surface area contributed by atoms with Gasteiger partial charge in [-0.15, -0.1) is 0 Å². The highest BCUT2D eigenvalue weighted by Crippen LogP contribution is 2.35. The van der Waals surface area contributed by atoms with E-state index >= 15 is 0 Å². The highest BCUT2D eigenvalue weighted by Gasteiger charge is 2.39. The molecule has 2 heterocycles. The van der Waals surface area contributed by atoms with Crippen molar-refractivity contribution in [3.8, 4) is 0 Å². The quantitative estimate of drug-likeness (QED) is 0.487. The molecule has 2 amide bonds. The van der Waals surface area contributed by atoms with E-state index < -0.39 is 0 Å². The standard InChI is InChI=1S/C22H27N5O2S/c1-14-9-10-23-22(24-14)30-13-20(28)25-16-6-4-5-15(11-16)12-19-17-7-2-3-8-18(17)21(29)27-26-19/h4-6,9-11,17-19,26H,2-3,7-8,12-13H2,1H3,(H,25,28)(H,27,29). The normalized spacial score (nSPS) is 23.4. The Labute approximate surface area is 180 Å². The minimum absolute atomic E-state index is 0.0855. The van der Waals surface area contributed by atoms with E-state index in [1.54, 1.807) is 6.20 Å². The highest BCUT2D eigenvalue weighted by atomic mass is 32.2. The Morgan fingerprint density at radius 1 is 1.27 bits per heavy atom. The second-order valence-electron chi connectivity index (χ2n) is 8.02. The van der Waals surface area contributed by atoms with Crippen molar-refractivity contribution in [1.29, 1.82) is 0 Å². The van der Waals surface area contributed by atoms with Crippen LogP contribution in [0.1, 0.15) is 36.9 Å².